The van der Waals surface area contributed by atoms with Crippen molar-refractivity contribution in [3.63, 3.8) is 0 Å². The summed E-state index contributed by atoms with van der Waals surface area (Å²) in [6, 6.07) is 8.36. The van der Waals surface area contributed by atoms with E-state index in [0.29, 0.717) is 20.4 Å². The van der Waals surface area contributed by atoms with Gasteiger partial charge in [-0.1, -0.05) is 29.3 Å². The quantitative estimate of drug-likeness (QED) is 0.605. The van der Waals surface area contributed by atoms with Gasteiger partial charge >= 0.3 is 5.97 Å². The van der Waals surface area contributed by atoms with Gasteiger partial charge < -0.3 is 4.74 Å². The van der Waals surface area contributed by atoms with E-state index < -0.39 is 5.97 Å². The molecule has 0 atom stereocenters. The largest absolute Gasteiger partial charge is 0.423 e. The highest BCUT2D eigenvalue weighted by atomic mass is 79.9. The zero-order chi connectivity index (χ0) is 13.8. The zero-order valence-corrected chi connectivity index (χ0v) is 12.7. The van der Waals surface area contributed by atoms with Gasteiger partial charge in [-0.25, -0.2) is 4.98 Å². The van der Waals surface area contributed by atoms with Crippen LogP contribution in [0.5, 0.6) is 5.75 Å². The van der Waals surface area contributed by atoms with Crippen LogP contribution in [0.15, 0.2) is 41.1 Å². The van der Waals surface area contributed by atoms with E-state index in [1.54, 1.807) is 36.5 Å². The minimum absolute atomic E-state index is 0.109. The second kappa shape index (κ2) is 6.37. The minimum Gasteiger partial charge on any atom is -0.423 e. The molecule has 0 bridgehead atoms. The van der Waals surface area contributed by atoms with Crippen LogP contribution >= 0.6 is 39.1 Å². The fourth-order valence-corrected chi connectivity index (χ4v) is 2.07. The number of nitrogens with zero attached hydrogens (tertiary/aromatic N) is 1. The zero-order valence-electron chi connectivity index (χ0n) is 9.57. The molecule has 19 heavy (non-hydrogen) atoms. The molecule has 3 nitrogen and oxygen atoms in total. The molecule has 98 valence electrons. The van der Waals surface area contributed by atoms with E-state index in [4.69, 9.17) is 27.9 Å². The first-order valence-electron chi connectivity index (χ1n) is 5.31. The van der Waals surface area contributed by atoms with E-state index in [1.807, 2.05) is 0 Å². The molecule has 0 aliphatic heterocycles. The van der Waals surface area contributed by atoms with E-state index >= 15 is 0 Å². The predicted molar refractivity (Wildman–Crippen MR) is 77.7 cm³/mol. The molecule has 0 saturated carbocycles. The van der Waals surface area contributed by atoms with Crippen molar-refractivity contribution in [3.8, 4) is 5.75 Å². The third kappa shape index (κ3) is 3.93. The summed E-state index contributed by atoms with van der Waals surface area (Å²) in [4.78, 5) is 15.7. The monoisotopic (exact) mass is 359 g/mol. The summed E-state index contributed by atoms with van der Waals surface area (Å²) in [6.07, 6.45) is 1.71. The highest BCUT2D eigenvalue weighted by Gasteiger charge is 2.10. The van der Waals surface area contributed by atoms with Crippen molar-refractivity contribution < 1.29 is 9.53 Å². The molecule has 0 N–H and O–H groups in total. The molecule has 6 heteroatoms. The summed E-state index contributed by atoms with van der Waals surface area (Å²) in [6.45, 7) is 0. The molecule has 0 fully saturated rings. The summed E-state index contributed by atoms with van der Waals surface area (Å²) < 4.78 is 5.68. The van der Waals surface area contributed by atoms with Gasteiger partial charge in [-0.2, -0.15) is 0 Å². The number of rotatable bonds is 3. The minimum atomic E-state index is -0.396. The van der Waals surface area contributed by atoms with Gasteiger partial charge in [0.25, 0.3) is 0 Å². The van der Waals surface area contributed by atoms with E-state index in [1.165, 1.54) is 0 Å². The Morgan fingerprint density at radius 1 is 1.26 bits per heavy atom. The molecular weight excluding hydrogens is 353 g/mol. The second-order valence-corrected chi connectivity index (χ2v) is 5.26. The maximum absolute atomic E-state index is 11.8. The Morgan fingerprint density at radius 3 is 2.74 bits per heavy atom. The number of pyridine rings is 1. The Morgan fingerprint density at radius 2 is 2.05 bits per heavy atom. The van der Waals surface area contributed by atoms with Gasteiger partial charge in [0.05, 0.1) is 16.5 Å². The molecule has 0 saturated heterocycles. The lowest BCUT2D eigenvalue weighted by molar-refractivity contribution is -0.133. The molecule has 0 amide bonds. The van der Waals surface area contributed by atoms with Crippen LogP contribution in [-0.4, -0.2) is 11.0 Å². The Labute approximate surface area is 128 Å². The number of halogens is 3. The average molecular weight is 361 g/mol. The number of aromatic nitrogens is 1. The van der Waals surface area contributed by atoms with Crippen LogP contribution in [0.25, 0.3) is 0 Å². The topological polar surface area (TPSA) is 39.2 Å². The predicted octanol–water partition coefficient (Wildman–Crippen LogP) is 4.30. The normalized spacial score (nSPS) is 10.3. The van der Waals surface area contributed by atoms with Crippen molar-refractivity contribution in [1.82, 2.24) is 4.98 Å². The molecule has 0 aliphatic rings. The molecule has 0 aliphatic carbocycles. The number of carbonyl (C=O) groups is 1. The number of hydrogen-bond acceptors (Lipinski definition) is 3. The molecular formula is C13H8BrCl2NO2. The molecule has 0 unspecified atom stereocenters. The number of carbonyl (C=O) groups excluding carboxylic acids is 1. The van der Waals surface area contributed by atoms with Crippen LogP contribution in [0.1, 0.15) is 5.56 Å². The maximum Gasteiger partial charge on any atom is 0.315 e. The smallest absolute Gasteiger partial charge is 0.315 e. The van der Waals surface area contributed by atoms with Crippen LogP contribution in [0.4, 0.5) is 0 Å². The van der Waals surface area contributed by atoms with Gasteiger partial charge in [-0.05, 0) is 45.8 Å². The molecule has 2 rings (SSSR count). The number of esters is 1. The van der Waals surface area contributed by atoms with Crippen LogP contribution < -0.4 is 4.74 Å². The third-order valence-electron chi connectivity index (χ3n) is 2.28. The average Bonchev–Trinajstić information content (AvgIpc) is 2.37. The van der Waals surface area contributed by atoms with Crippen molar-refractivity contribution in [2.45, 2.75) is 6.42 Å². The lowest BCUT2D eigenvalue weighted by atomic mass is 10.1. The van der Waals surface area contributed by atoms with E-state index in [9.17, 15) is 4.79 Å². The van der Waals surface area contributed by atoms with Crippen molar-refractivity contribution in [2.24, 2.45) is 0 Å². The maximum atomic E-state index is 11.8. The summed E-state index contributed by atoms with van der Waals surface area (Å²) in [5.74, 6) is -0.0142. The van der Waals surface area contributed by atoms with Crippen molar-refractivity contribution in [2.75, 3.05) is 0 Å². The lowest BCUT2D eigenvalue weighted by Gasteiger charge is -2.06. The third-order valence-corrected chi connectivity index (χ3v) is 3.62. The molecule has 1 aromatic carbocycles. The first kappa shape index (κ1) is 14.3. The second-order valence-electron chi connectivity index (χ2n) is 3.69. The van der Waals surface area contributed by atoms with Crippen molar-refractivity contribution in [3.05, 3.63) is 56.7 Å². The molecule has 0 radical (unpaired) electrons. The fourth-order valence-electron chi connectivity index (χ4n) is 1.42. The van der Waals surface area contributed by atoms with E-state index in [-0.39, 0.29) is 6.42 Å². The van der Waals surface area contributed by atoms with Crippen LogP contribution in [0.2, 0.25) is 10.0 Å². The van der Waals surface area contributed by atoms with E-state index in [2.05, 4.69) is 20.9 Å². The molecule has 0 spiro atoms. The van der Waals surface area contributed by atoms with Crippen LogP contribution in [-0.2, 0) is 11.2 Å². The SMILES string of the molecule is O=C(Cc1ccc(Cl)c(Cl)c1)Oc1cccnc1Br. The summed E-state index contributed by atoms with van der Waals surface area (Å²) in [5, 5.41) is 0.864. The molecule has 2 aromatic rings. The van der Waals surface area contributed by atoms with Crippen molar-refractivity contribution in [1.29, 1.82) is 0 Å². The molecule has 1 aromatic heterocycles. The first-order chi connectivity index (χ1) is 9.06. The summed E-state index contributed by atoms with van der Waals surface area (Å²) in [5.41, 5.74) is 0.736. The lowest BCUT2D eigenvalue weighted by Crippen LogP contribution is -2.11. The highest BCUT2D eigenvalue weighted by molar-refractivity contribution is 9.10. The van der Waals surface area contributed by atoms with Gasteiger partial charge in [0, 0.05) is 6.20 Å². The van der Waals surface area contributed by atoms with Crippen LogP contribution in [0, 0.1) is 0 Å². The van der Waals surface area contributed by atoms with Gasteiger partial charge in [-0.3, -0.25) is 4.79 Å². The van der Waals surface area contributed by atoms with Crippen molar-refractivity contribution >= 4 is 45.1 Å². The number of ether oxygens (including phenoxy) is 1. The Bertz CT molecular complexity index is 619. The van der Waals surface area contributed by atoms with Gasteiger partial charge in [0.1, 0.15) is 4.60 Å². The standard InChI is InChI=1S/C13H8BrCl2NO2/c14-13-11(2-1-5-17-13)19-12(18)7-8-3-4-9(15)10(16)6-8/h1-6H,7H2. The number of benzene rings is 1. The fraction of sp³-hybridized carbons (Fsp3) is 0.0769. The number of hydrogen-bond donors (Lipinski definition) is 0. The van der Waals surface area contributed by atoms with Gasteiger partial charge in [-0.15, -0.1) is 0 Å². The Kier molecular flexibility index (Phi) is 4.80. The van der Waals surface area contributed by atoms with Crippen LogP contribution in [0.3, 0.4) is 0 Å². The summed E-state index contributed by atoms with van der Waals surface area (Å²) >= 11 is 14.9. The van der Waals surface area contributed by atoms with Gasteiger partial charge in [0.15, 0.2) is 5.75 Å². The first-order valence-corrected chi connectivity index (χ1v) is 6.86. The summed E-state index contributed by atoms with van der Waals surface area (Å²) in [7, 11) is 0. The highest BCUT2D eigenvalue weighted by Crippen LogP contribution is 2.24. The van der Waals surface area contributed by atoms with E-state index in [0.717, 1.165) is 5.56 Å². The van der Waals surface area contributed by atoms with Gasteiger partial charge in [0.2, 0.25) is 0 Å². The Hall–Kier alpha value is -1.10. The molecule has 1 heterocycles. The Balaban J connectivity index is 2.05.